The SMILES string of the molecule is NCC1CCN(c2cc3c(cc2F)c(=O)n(N)c(=O)n3Cc2ccc3ccccc3c2)C1. The normalized spacial score (nSPS) is 16.3. The Morgan fingerprint density at radius 3 is 2.56 bits per heavy atom. The smallest absolute Gasteiger partial charge is 0.350 e. The van der Waals surface area contributed by atoms with Gasteiger partial charge >= 0.3 is 5.69 Å². The van der Waals surface area contributed by atoms with Crippen LogP contribution in [0.15, 0.2) is 64.2 Å². The molecular formula is C24H24FN5O2. The van der Waals surface area contributed by atoms with Gasteiger partial charge in [-0.25, -0.2) is 9.18 Å². The Balaban J connectivity index is 1.67. The van der Waals surface area contributed by atoms with Crippen LogP contribution >= 0.6 is 0 Å². The van der Waals surface area contributed by atoms with Crippen molar-refractivity contribution < 1.29 is 4.39 Å². The molecule has 0 bridgehead atoms. The second-order valence-electron chi connectivity index (χ2n) is 8.38. The fourth-order valence-corrected chi connectivity index (χ4v) is 4.55. The summed E-state index contributed by atoms with van der Waals surface area (Å²) in [6, 6.07) is 16.6. The van der Waals surface area contributed by atoms with Crippen LogP contribution in [-0.4, -0.2) is 28.9 Å². The first-order valence-electron chi connectivity index (χ1n) is 10.6. The average molecular weight is 433 g/mol. The lowest BCUT2D eigenvalue weighted by atomic mass is 10.1. The first-order chi connectivity index (χ1) is 15.5. The second-order valence-corrected chi connectivity index (χ2v) is 8.38. The molecule has 0 radical (unpaired) electrons. The van der Waals surface area contributed by atoms with Crippen LogP contribution in [-0.2, 0) is 6.54 Å². The highest BCUT2D eigenvalue weighted by Gasteiger charge is 2.25. The summed E-state index contributed by atoms with van der Waals surface area (Å²) in [4.78, 5) is 27.5. The van der Waals surface area contributed by atoms with Gasteiger partial charge in [-0.3, -0.25) is 9.36 Å². The van der Waals surface area contributed by atoms with Crippen molar-refractivity contribution in [1.29, 1.82) is 0 Å². The molecule has 0 saturated carbocycles. The van der Waals surface area contributed by atoms with Crippen molar-refractivity contribution in [3.8, 4) is 0 Å². The van der Waals surface area contributed by atoms with Gasteiger partial charge in [0.1, 0.15) is 5.82 Å². The van der Waals surface area contributed by atoms with Crippen LogP contribution in [0.3, 0.4) is 0 Å². The molecule has 3 aromatic carbocycles. The highest BCUT2D eigenvalue weighted by Crippen LogP contribution is 2.29. The lowest BCUT2D eigenvalue weighted by Crippen LogP contribution is -2.44. The number of anilines is 1. The number of hydrogen-bond donors (Lipinski definition) is 2. The van der Waals surface area contributed by atoms with E-state index >= 15 is 0 Å². The summed E-state index contributed by atoms with van der Waals surface area (Å²) in [6.07, 6.45) is 0.877. The number of nitrogen functional groups attached to an aromatic ring is 1. The monoisotopic (exact) mass is 433 g/mol. The van der Waals surface area contributed by atoms with Gasteiger partial charge in [0.25, 0.3) is 5.56 Å². The van der Waals surface area contributed by atoms with Gasteiger partial charge in [-0.05, 0) is 53.4 Å². The van der Waals surface area contributed by atoms with Crippen LogP contribution in [0.1, 0.15) is 12.0 Å². The second kappa shape index (κ2) is 7.80. The number of fused-ring (bicyclic) bond motifs is 2. The molecule has 0 spiro atoms. The van der Waals surface area contributed by atoms with Crippen molar-refractivity contribution in [3.63, 3.8) is 0 Å². The largest absolute Gasteiger partial charge is 0.369 e. The Morgan fingerprint density at radius 1 is 1.03 bits per heavy atom. The molecule has 0 amide bonds. The topological polar surface area (TPSA) is 99.3 Å². The maximum atomic E-state index is 15.0. The van der Waals surface area contributed by atoms with E-state index in [1.807, 2.05) is 47.4 Å². The maximum absolute atomic E-state index is 15.0. The minimum atomic E-state index is -0.716. The summed E-state index contributed by atoms with van der Waals surface area (Å²) in [5.74, 6) is 5.55. The molecule has 4 N–H and O–H groups in total. The van der Waals surface area contributed by atoms with E-state index in [9.17, 15) is 14.0 Å². The van der Waals surface area contributed by atoms with E-state index in [0.29, 0.717) is 41.4 Å². The van der Waals surface area contributed by atoms with E-state index in [1.165, 1.54) is 10.6 Å². The first kappa shape index (κ1) is 20.3. The van der Waals surface area contributed by atoms with E-state index in [0.717, 1.165) is 22.8 Å². The molecule has 0 aliphatic carbocycles. The number of hydrogen-bond acceptors (Lipinski definition) is 5. The third-order valence-electron chi connectivity index (χ3n) is 6.36. The van der Waals surface area contributed by atoms with Crippen molar-refractivity contribution in [2.24, 2.45) is 11.7 Å². The zero-order chi connectivity index (χ0) is 22.4. The van der Waals surface area contributed by atoms with E-state index in [4.69, 9.17) is 11.6 Å². The fourth-order valence-electron chi connectivity index (χ4n) is 4.55. The molecule has 4 aromatic rings. The van der Waals surface area contributed by atoms with Gasteiger partial charge < -0.3 is 16.5 Å². The molecule has 8 heteroatoms. The van der Waals surface area contributed by atoms with Crippen molar-refractivity contribution in [3.05, 3.63) is 86.8 Å². The Bertz CT molecular complexity index is 1460. The summed E-state index contributed by atoms with van der Waals surface area (Å²) >= 11 is 0. The van der Waals surface area contributed by atoms with Crippen molar-refractivity contribution in [2.75, 3.05) is 30.4 Å². The number of rotatable bonds is 4. The van der Waals surface area contributed by atoms with Gasteiger partial charge in [0.2, 0.25) is 0 Å². The van der Waals surface area contributed by atoms with Gasteiger partial charge in [-0.15, -0.1) is 0 Å². The molecule has 1 saturated heterocycles. The van der Waals surface area contributed by atoms with Crippen LogP contribution < -0.4 is 27.7 Å². The number of nitrogens with zero attached hydrogens (tertiary/aromatic N) is 3. The highest BCUT2D eigenvalue weighted by molar-refractivity contribution is 5.84. The molecule has 1 fully saturated rings. The third-order valence-corrected chi connectivity index (χ3v) is 6.36. The van der Waals surface area contributed by atoms with Crippen molar-refractivity contribution >= 4 is 27.4 Å². The summed E-state index contributed by atoms with van der Waals surface area (Å²) in [5.41, 5.74) is 6.03. The fraction of sp³-hybridized carbons (Fsp3) is 0.250. The first-order valence-corrected chi connectivity index (χ1v) is 10.6. The van der Waals surface area contributed by atoms with Crippen LogP contribution in [0.2, 0.25) is 0 Å². The quantitative estimate of drug-likeness (QED) is 0.480. The zero-order valence-corrected chi connectivity index (χ0v) is 17.5. The third kappa shape index (κ3) is 3.33. The van der Waals surface area contributed by atoms with Gasteiger partial charge in [0.05, 0.1) is 23.1 Å². The highest BCUT2D eigenvalue weighted by atomic mass is 19.1. The Morgan fingerprint density at radius 2 is 1.81 bits per heavy atom. The van der Waals surface area contributed by atoms with E-state index in [-0.39, 0.29) is 11.9 Å². The molecular weight excluding hydrogens is 409 g/mol. The van der Waals surface area contributed by atoms with Gasteiger partial charge in [-0.1, -0.05) is 36.4 Å². The van der Waals surface area contributed by atoms with Crippen molar-refractivity contribution in [1.82, 2.24) is 9.24 Å². The van der Waals surface area contributed by atoms with Gasteiger partial charge in [-0.2, -0.15) is 4.68 Å². The Labute approximate surface area is 183 Å². The summed E-state index contributed by atoms with van der Waals surface area (Å²) in [6.45, 7) is 2.05. The van der Waals surface area contributed by atoms with Crippen LogP contribution in [0.5, 0.6) is 0 Å². The van der Waals surface area contributed by atoms with Crippen LogP contribution in [0.4, 0.5) is 10.1 Å². The van der Waals surface area contributed by atoms with Crippen molar-refractivity contribution in [2.45, 2.75) is 13.0 Å². The van der Waals surface area contributed by atoms with Crippen LogP contribution in [0.25, 0.3) is 21.7 Å². The maximum Gasteiger partial charge on any atom is 0.350 e. The van der Waals surface area contributed by atoms with E-state index in [1.54, 1.807) is 6.07 Å². The van der Waals surface area contributed by atoms with E-state index < -0.39 is 17.1 Å². The van der Waals surface area contributed by atoms with E-state index in [2.05, 4.69) is 0 Å². The Hall–Kier alpha value is -3.65. The predicted octanol–water partition coefficient (Wildman–Crippen LogP) is 2.00. The number of halogens is 1. The number of nitrogens with two attached hydrogens (primary N) is 2. The lowest BCUT2D eigenvalue weighted by molar-refractivity contribution is 0.597. The summed E-state index contributed by atoms with van der Waals surface area (Å²) < 4.78 is 17.0. The predicted molar refractivity (Wildman–Crippen MR) is 125 cm³/mol. The van der Waals surface area contributed by atoms with Crippen LogP contribution in [0, 0.1) is 11.7 Å². The molecule has 7 nitrogen and oxygen atoms in total. The standard InChI is InChI=1S/C24H24FN5O2/c25-20-10-19-21(11-22(20)28-8-7-16(12-26)13-28)29(24(32)30(27)23(19)31)14-15-5-6-17-3-1-2-4-18(17)9-15/h1-6,9-11,16H,7-8,12-14,26-27H2. The molecule has 164 valence electrons. The molecule has 1 aromatic heterocycles. The molecule has 1 aliphatic heterocycles. The van der Waals surface area contributed by atoms with Gasteiger partial charge in [0.15, 0.2) is 0 Å². The molecule has 32 heavy (non-hydrogen) atoms. The average Bonchev–Trinajstić information content (AvgIpc) is 3.29. The molecule has 1 aliphatic rings. The summed E-state index contributed by atoms with van der Waals surface area (Å²) in [7, 11) is 0. The molecule has 5 rings (SSSR count). The number of benzene rings is 3. The lowest BCUT2D eigenvalue weighted by Gasteiger charge is -2.21. The van der Waals surface area contributed by atoms with Gasteiger partial charge in [0, 0.05) is 13.1 Å². The number of aromatic nitrogens is 2. The summed E-state index contributed by atoms with van der Waals surface area (Å²) in [5, 5.41) is 2.20. The minimum Gasteiger partial charge on any atom is -0.369 e. The molecule has 1 atom stereocenters. The molecule has 1 unspecified atom stereocenters. The zero-order valence-electron chi connectivity index (χ0n) is 17.5. The minimum absolute atomic E-state index is 0.0729. The molecule has 2 heterocycles. The Kier molecular flexibility index (Phi) is 4.94.